The Balaban J connectivity index is 2.21. The molecule has 1 heterocycles. The predicted molar refractivity (Wildman–Crippen MR) is 96.5 cm³/mol. The fraction of sp³-hybridized carbons (Fsp3) is 0.438. The number of fused-ring (bicyclic) bond motifs is 1. The number of nitrogens with one attached hydrogen (secondary N) is 1. The number of urea groups is 1. The van der Waals surface area contributed by atoms with Gasteiger partial charge in [-0.25, -0.2) is 4.79 Å². The summed E-state index contributed by atoms with van der Waals surface area (Å²) < 4.78 is 39.4. The second-order valence-electron chi connectivity index (χ2n) is 6.45. The van der Waals surface area contributed by atoms with Crippen LogP contribution in [0.25, 0.3) is 0 Å². The Morgan fingerprint density at radius 3 is 2.43 bits per heavy atom. The summed E-state index contributed by atoms with van der Waals surface area (Å²) >= 11 is 5.74. The van der Waals surface area contributed by atoms with Gasteiger partial charge in [-0.3, -0.25) is 14.9 Å². The minimum atomic E-state index is -4.68. The number of carbonyl (C=O) groups is 3. The van der Waals surface area contributed by atoms with Gasteiger partial charge in [0.25, 0.3) is 0 Å². The lowest BCUT2D eigenvalue weighted by Crippen LogP contribution is -2.47. The molecule has 1 aliphatic heterocycles. The summed E-state index contributed by atoms with van der Waals surface area (Å²) in [5.41, 5.74) is 4.01. The van der Waals surface area contributed by atoms with E-state index in [1.54, 1.807) is 0 Å². The lowest BCUT2D eigenvalue weighted by Gasteiger charge is -2.37. The van der Waals surface area contributed by atoms with Crippen molar-refractivity contribution in [2.24, 2.45) is 5.73 Å². The van der Waals surface area contributed by atoms with E-state index in [9.17, 15) is 27.6 Å². The number of carbonyl (C=O) groups excluding carboxylic acids is 3. The Labute approximate surface area is 166 Å². The topological polar surface area (TPSA) is 92.5 Å². The first-order chi connectivity index (χ1) is 12.8. The highest BCUT2D eigenvalue weighted by atomic mass is 35.5. The van der Waals surface area contributed by atoms with Crippen LogP contribution >= 0.6 is 11.6 Å². The zero-order chi connectivity index (χ0) is 21.4. The van der Waals surface area contributed by atoms with Gasteiger partial charge in [-0.15, -0.1) is 0 Å². The van der Waals surface area contributed by atoms with Crippen LogP contribution in [0.3, 0.4) is 0 Å². The molecule has 6 nitrogen and oxygen atoms in total. The summed E-state index contributed by atoms with van der Waals surface area (Å²) in [7, 11) is 12.1. The Morgan fingerprint density at radius 1 is 1.29 bits per heavy atom. The fourth-order valence-electron chi connectivity index (χ4n) is 3.23. The molecule has 0 saturated carbocycles. The van der Waals surface area contributed by atoms with Gasteiger partial charge in [0.05, 0.1) is 32.3 Å². The number of halogens is 4. The molecular weight excluding hydrogens is 396 g/mol. The molecule has 1 aromatic carbocycles. The molecule has 1 atom stereocenters. The zero-order valence-corrected chi connectivity index (χ0v) is 15.5. The van der Waals surface area contributed by atoms with Gasteiger partial charge >= 0.3 is 12.2 Å². The van der Waals surface area contributed by atoms with Crippen LogP contribution in [0, 0.1) is 0 Å². The van der Waals surface area contributed by atoms with Crippen LogP contribution in [0.4, 0.5) is 18.0 Å². The number of hydrogen-bond donors (Lipinski definition) is 2. The number of primary amides is 1. The molecule has 1 aliphatic rings. The van der Waals surface area contributed by atoms with Crippen molar-refractivity contribution in [3.05, 3.63) is 33.8 Å². The van der Waals surface area contributed by atoms with Gasteiger partial charge in [0.15, 0.2) is 0 Å². The van der Waals surface area contributed by atoms with Crippen LogP contribution < -0.4 is 11.1 Å². The summed E-state index contributed by atoms with van der Waals surface area (Å²) in [4.78, 5) is 35.6. The van der Waals surface area contributed by atoms with Crippen molar-refractivity contribution >= 4 is 45.1 Å². The molecule has 4 amide bonds. The number of nitrogens with two attached hydrogens (primary N) is 1. The van der Waals surface area contributed by atoms with E-state index in [1.165, 1.54) is 6.92 Å². The van der Waals surface area contributed by atoms with Crippen molar-refractivity contribution in [1.82, 2.24) is 10.2 Å². The van der Waals surface area contributed by atoms with Crippen molar-refractivity contribution in [3.8, 4) is 0 Å². The first-order valence-electron chi connectivity index (χ1n) is 8.17. The van der Waals surface area contributed by atoms with Gasteiger partial charge in [-0.2, -0.15) is 13.2 Å². The first kappa shape index (κ1) is 22.1. The molecular formula is C16H15B2ClF3N3O3. The Kier molecular flexibility index (Phi) is 6.08. The van der Waals surface area contributed by atoms with E-state index in [1.807, 2.05) is 5.32 Å². The number of amides is 4. The van der Waals surface area contributed by atoms with E-state index in [4.69, 9.17) is 33.0 Å². The van der Waals surface area contributed by atoms with Crippen LogP contribution in [-0.2, 0) is 21.1 Å². The Hall–Kier alpha value is -2.16. The summed E-state index contributed by atoms with van der Waals surface area (Å²) in [6.07, 6.45) is -4.94. The molecule has 0 spiro atoms. The van der Waals surface area contributed by atoms with E-state index < -0.39 is 46.0 Å². The molecule has 0 saturated heterocycles. The first-order valence-corrected chi connectivity index (χ1v) is 8.55. The smallest absolute Gasteiger partial charge is 0.351 e. The van der Waals surface area contributed by atoms with Crippen LogP contribution in [-0.4, -0.2) is 38.4 Å². The average Bonchev–Trinajstić information content (AvgIpc) is 2.70. The molecule has 146 valence electrons. The fourth-order valence-corrected chi connectivity index (χ4v) is 3.50. The Bertz CT molecular complexity index is 833. The largest absolute Gasteiger partial charge is 0.417 e. The van der Waals surface area contributed by atoms with Gasteiger partial charge < -0.3 is 10.6 Å². The maximum atomic E-state index is 13.1. The van der Waals surface area contributed by atoms with E-state index in [-0.39, 0.29) is 30.4 Å². The summed E-state index contributed by atoms with van der Waals surface area (Å²) in [5.74, 6) is -1.23. The molecule has 0 fully saturated rings. The highest BCUT2D eigenvalue weighted by Crippen LogP contribution is 2.47. The predicted octanol–water partition coefficient (Wildman–Crippen LogP) is 2.07. The van der Waals surface area contributed by atoms with Gasteiger partial charge in [0, 0.05) is 12.8 Å². The molecule has 12 heteroatoms. The second kappa shape index (κ2) is 7.69. The highest BCUT2D eigenvalue weighted by molar-refractivity contribution is 6.41. The third-order valence-corrected chi connectivity index (χ3v) is 4.75. The van der Waals surface area contributed by atoms with Crippen LogP contribution in [0.1, 0.15) is 48.9 Å². The highest BCUT2D eigenvalue weighted by Gasteiger charge is 2.45. The molecule has 0 bridgehead atoms. The molecule has 28 heavy (non-hydrogen) atoms. The lowest BCUT2D eigenvalue weighted by molar-refractivity contribution is -0.137. The van der Waals surface area contributed by atoms with Gasteiger partial charge in [-0.1, -0.05) is 11.6 Å². The molecule has 0 aliphatic carbocycles. The van der Waals surface area contributed by atoms with Crippen LogP contribution in [0.15, 0.2) is 12.1 Å². The number of alkyl halides is 3. The Morgan fingerprint density at radius 2 is 1.89 bits per heavy atom. The SMILES string of the molecule is [B]C1([B])c2cc(Cl)c(C(F)(F)F)cc2C(C)N1C(=O)CCCC(=O)NC(N)=O. The zero-order valence-electron chi connectivity index (χ0n) is 14.8. The van der Waals surface area contributed by atoms with E-state index in [0.29, 0.717) is 0 Å². The molecule has 1 unspecified atom stereocenters. The third-order valence-electron chi connectivity index (χ3n) is 4.44. The molecule has 0 aromatic heterocycles. The number of benzene rings is 1. The number of nitrogens with zero attached hydrogens (tertiary/aromatic N) is 1. The monoisotopic (exact) mass is 411 g/mol. The van der Waals surface area contributed by atoms with Crippen molar-refractivity contribution < 1.29 is 27.6 Å². The van der Waals surface area contributed by atoms with Crippen molar-refractivity contribution in [2.45, 2.75) is 43.7 Å². The van der Waals surface area contributed by atoms with E-state index >= 15 is 0 Å². The second-order valence-corrected chi connectivity index (χ2v) is 6.86. The molecule has 2 rings (SSSR count). The minimum Gasteiger partial charge on any atom is -0.351 e. The summed E-state index contributed by atoms with van der Waals surface area (Å²) in [5, 5.41) is -0.583. The minimum absolute atomic E-state index is 0.0577. The van der Waals surface area contributed by atoms with E-state index in [0.717, 1.165) is 17.0 Å². The molecule has 4 radical (unpaired) electrons. The van der Waals surface area contributed by atoms with Crippen molar-refractivity contribution in [3.63, 3.8) is 0 Å². The third kappa shape index (κ3) is 4.29. The van der Waals surface area contributed by atoms with Gasteiger partial charge in [-0.05, 0) is 41.9 Å². The maximum absolute atomic E-state index is 13.1. The van der Waals surface area contributed by atoms with Crippen LogP contribution in [0.2, 0.25) is 5.02 Å². The quantitative estimate of drug-likeness (QED) is 0.743. The normalized spacial score (nSPS) is 17.9. The average molecular weight is 411 g/mol. The van der Waals surface area contributed by atoms with Gasteiger partial charge in [0.1, 0.15) is 0 Å². The van der Waals surface area contributed by atoms with Crippen molar-refractivity contribution in [1.29, 1.82) is 0 Å². The standard InChI is InChI=1S/C16H15B2ClF3N3O3/c1-7-8-5-10(16(20,21)22)11(19)6-9(8)15(17,18)25(7)13(27)4-2-3-12(26)24-14(23)28/h5-7H,2-4H2,1H3,(H3,23,24,26,28). The lowest BCUT2D eigenvalue weighted by atomic mass is 9.58. The number of rotatable bonds is 4. The number of hydrogen-bond acceptors (Lipinski definition) is 3. The van der Waals surface area contributed by atoms with Crippen molar-refractivity contribution in [2.75, 3.05) is 0 Å². The van der Waals surface area contributed by atoms with E-state index in [2.05, 4.69) is 0 Å². The van der Waals surface area contributed by atoms with Crippen LogP contribution in [0.5, 0.6) is 0 Å². The molecule has 1 aromatic rings. The summed E-state index contributed by atoms with van der Waals surface area (Å²) in [6.45, 7) is 1.49. The summed E-state index contributed by atoms with van der Waals surface area (Å²) in [6, 6.07) is 0.00399. The number of imide groups is 1. The maximum Gasteiger partial charge on any atom is 0.417 e. The van der Waals surface area contributed by atoms with Gasteiger partial charge in [0.2, 0.25) is 11.8 Å². The molecule has 3 N–H and O–H groups in total.